The highest BCUT2D eigenvalue weighted by Crippen LogP contribution is 2.31. The zero-order valence-corrected chi connectivity index (χ0v) is 18.6. The van der Waals surface area contributed by atoms with Crippen molar-refractivity contribution in [1.82, 2.24) is 24.8 Å². The SMILES string of the molecule is COc1ccccc1Oc1ccnc(Nc2ccc3c(N4CCN(C)CC4)ncnc3c2)n1. The first kappa shape index (κ1) is 20.9. The first-order valence-electron chi connectivity index (χ1n) is 10.8. The van der Waals surface area contributed by atoms with Crippen LogP contribution in [0.25, 0.3) is 10.9 Å². The number of hydrogen-bond donors (Lipinski definition) is 1. The van der Waals surface area contributed by atoms with Crippen LogP contribution in [0.4, 0.5) is 17.5 Å². The van der Waals surface area contributed by atoms with Crippen LogP contribution in [-0.4, -0.2) is 65.2 Å². The Bertz CT molecular complexity index is 1260. The fourth-order valence-corrected chi connectivity index (χ4v) is 3.79. The van der Waals surface area contributed by atoms with Crippen molar-refractivity contribution in [3.8, 4) is 17.4 Å². The zero-order valence-electron chi connectivity index (χ0n) is 18.6. The van der Waals surface area contributed by atoms with Gasteiger partial charge in [0.25, 0.3) is 0 Å². The van der Waals surface area contributed by atoms with Gasteiger partial charge in [0.2, 0.25) is 11.8 Å². The lowest BCUT2D eigenvalue weighted by atomic mass is 10.2. The summed E-state index contributed by atoms with van der Waals surface area (Å²) in [7, 11) is 3.75. The molecule has 1 saturated heterocycles. The molecule has 1 aliphatic heterocycles. The van der Waals surface area contributed by atoms with Crippen LogP contribution in [0.15, 0.2) is 61.1 Å². The second kappa shape index (κ2) is 9.25. The summed E-state index contributed by atoms with van der Waals surface area (Å²) in [5.74, 6) is 3.04. The second-order valence-electron chi connectivity index (χ2n) is 7.82. The molecule has 9 heteroatoms. The third-order valence-corrected chi connectivity index (χ3v) is 5.59. The van der Waals surface area contributed by atoms with Crippen molar-refractivity contribution in [1.29, 1.82) is 0 Å². The van der Waals surface area contributed by atoms with E-state index in [1.807, 2.05) is 42.5 Å². The zero-order chi connectivity index (χ0) is 22.6. The standard InChI is InChI=1S/C24H25N7O2/c1-30-11-13-31(14-12-30)23-18-8-7-17(15-19(18)26-16-27-23)28-24-25-10-9-22(29-24)33-21-6-4-3-5-20(21)32-2/h3-10,15-16H,11-14H2,1-2H3,(H,25,28,29). The Morgan fingerprint density at radius 3 is 2.55 bits per heavy atom. The number of anilines is 3. The van der Waals surface area contributed by atoms with Crippen LogP contribution in [0, 0.1) is 0 Å². The van der Waals surface area contributed by atoms with E-state index >= 15 is 0 Å². The van der Waals surface area contributed by atoms with Crippen LogP contribution in [0.3, 0.4) is 0 Å². The number of methoxy groups -OCH3 is 1. The summed E-state index contributed by atoms with van der Waals surface area (Å²) in [4.78, 5) is 22.5. The predicted octanol–water partition coefficient (Wildman–Crippen LogP) is 3.72. The molecule has 0 saturated carbocycles. The van der Waals surface area contributed by atoms with Crippen molar-refractivity contribution in [3.05, 3.63) is 61.1 Å². The van der Waals surface area contributed by atoms with Crippen LogP contribution < -0.4 is 19.7 Å². The van der Waals surface area contributed by atoms with Gasteiger partial charge in [-0.2, -0.15) is 4.98 Å². The third-order valence-electron chi connectivity index (χ3n) is 5.59. The summed E-state index contributed by atoms with van der Waals surface area (Å²) in [6, 6.07) is 15.1. The largest absolute Gasteiger partial charge is 0.493 e. The van der Waals surface area contributed by atoms with Gasteiger partial charge < -0.3 is 24.6 Å². The molecule has 2 aromatic carbocycles. The molecule has 0 aliphatic carbocycles. The Morgan fingerprint density at radius 2 is 1.73 bits per heavy atom. The number of piperazine rings is 1. The van der Waals surface area contributed by atoms with E-state index in [0.29, 0.717) is 23.3 Å². The van der Waals surface area contributed by atoms with Gasteiger partial charge in [0.15, 0.2) is 11.5 Å². The number of nitrogens with zero attached hydrogens (tertiary/aromatic N) is 6. The number of para-hydroxylation sites is 2. The average molecular weight is 444 g/mol. The van der Waals surface area contributed by atoms with Crippen LogP contribution in [0.1, 0.15) is 0 Å². The highest BCUT2D eigenvalue weighted by Gasteiger charge is 2.18. The molecule has 0 bridgehead atoms. The summed E-state index contributed by atoms with van der Waals surface area (Å²) in [5, 5.41) is 4.27. The number of benzene rings is 2. The molecule has 33 heavy (non-hydrogen) atoms. The summed E-state index contributed by atoms with van der Waals surface area (Å²) in [6.45, 7) is 3.95. The molecule has 0 spiro atoms. The first-order valence-corrected chi connectivity index (χ1v) is 10.8. The van der Waals surface area contributed by atoms with Gasteiger partial charge in [-0.15, -0.1) is 0 Å². The normalized spacial score (nSPS) is 14.3. The quantitative estimate of drug-likeness (QED) is 0.479. The molecule has 1 fully saturated rings. The van der Waals surface area contributed by atoms with Crippen molar-refractivity contribution in [2.24, 2.45) is 0 Å². The molecule has 0 amide bonds. The summed E-state index contributed by atoms with van der Waals surface area (Å²) in [5.41, 5.74) is 1.70. The van der Waals surface area contributed by atoms with Gasteiger partial charge >= 0.3 is 0 Å². The molecule has 9 nitrogen and oxygen atoms in total. The fraction of sp³-hybridized carbons (Fsp3) is 0.250. The van der Waals surface area contributed by atoms with E-state index < -0.39 is 0 Å². The smallest absolute Gasteiger partial charge is 0.230 e. The van der Waals surface area contributed by atoms with Crippen LogP contribution in [0.5, 0.6) is 17.4 Å². The average Bonchev–Trinajstić information content (AvgIpc) is 2.85. The minimum Gasteiger partial charge on any atom is -0.493 e. The third kappa shape index (κ3) is 4.63. The maximum absolute atomic E-state index is 5.89. The lowest BCUT2D eigenvalue weighted by molar-refractivity contribution is 0.312. The molecule has 0 radical (unpaired) electrons. The lowest BCUT2D eigenvalue weighted by Crippen LogP contribution is -2.44. The molecule has 2 aromatic heterocycles. The summed E-state index contributed by atoms with van der Waals surface area (Å²) in [6.07, 6.45) is 3.27. The molecule has 0 atom stereocenters. The van der Waals surface area contributed by atoms with Gasteiger partial charge in [-0.1, -0.05) is 12.1 Å². The van der Waals surface area contributed by atoms with Crippen molar-refractivity contribution in [3.63, 3.8) is 0 Å². The van der Waals surface area contributed by atoms with E-state index in [1.54, 1.807) is 25.7 Å². The maximum atomic E-state index is 5.89. The van der Waals surface area contributed by atoms with E-state index in [9.17, 15) is 0 Å². The van der Waals surface area contributed by atoms with E-state index in [0.717, 1.165) is 48.6 Å². The van der Waals surface area contributed by atoms with Crippen LogP contribution in [0.2, 0.25) is 0 Å². The van der Waals surface area contributed by atoms with Crippen molar-refractivity contribution in [2.75, 3.05) is 50.6 Å². The van der Waals surface area contributed by atoms with Gasteiger partial charge in [0.1, 0.15) is 12.1 Å². The molecule has 1 aliphatic rings. The lowest BCUT2D eigenvalue weighted by Gasteiger charge is -2.33. The molecule has 5 rings (SSSR count). The van der Waals surface area contributed by atoms with Gasteiger partial charge in [-0.05, 0) is 37.4 Å². The summed E-state index contributed by atoms with van der Waals surface area (Å²) >= 11 is 0. The number of likely N-dealkylation sites (N-methyl/N-ethyl adjacent to an activating group) is 1. The van der Waals surface area contributed by atoms with Crippen LogP contribution in [-0.2, 0) is 0 Å². The minimum atomic E-state index is 0.414. The topological polar surface area (TPSA) is 88.5 Å². The molecule has 168 valence electrons. The Labute approximate surface area is 192 Å². The van der Waals surface area contributed by atoms with E-state index in [-0.39, 0.29) is 0 Å². The number of ether oxygens (including phenoxy) is 2. The number of rotatable bonds is 6. The first-order chi connectivity index (χ1) is 16.2. The molecular formula is C24H25N7O2. The maximum Gasteiger partial charge on any atom is 0.230 e. The molecule has 1 N–H and O–H groups in total. The van der Waals surface area contributed by atoms with Gasteiger partial charge in [0, 0.05) is 49.5 Å². The van der Waals surface area contributed by atoms with E-state index in [2.05, 4.69) is 42.1 Å². The van der Waals surface area contributed by atoms with E-state index in [1.165, 1.54) is 0 Å². The molecule has 0 unspecified atom stereocenters. The highest BCUT2D eigenvalue weighted by molar-refractivity contribution is 5.91. The van der Waals surface area contributed by atoms with E-state index in [4.69, 9.17) is 9.47 Å². The van der Waals surface area contributed by atoms with Crippen molar-refractivity contribution < 1.29 is 9.47 Å². The highest BCUT2D eigenvalue weighted by atomic mass is 16.5. The van der Waals surface area contributed by atoms with Gasteiger partial charge in [-0.3, -0.25) is 0 Å². The number of hydrogen-bond acceptors (Lipinski definition) is 9. The van der Waals surface area contributed by atoms with Crippen molar-refractivity contribution in [2.45, 2.75) is 0 Å². The Kier molecular flexibility index (Phi) is 5.86. The monoisotopic (exact) mass is 443 g/mol. The number of aromatic nitrogens is 4. The molecule has 3 heterocycles. The van der Waals surface area contributed by atoms with Gasteiger partial charge in [-0.25, -0.2) is 15.0 Å². The number of nitrogens with one attached hydrogen (secondary N) is 1. The molecular weight excluding hydrogens is 418 g/mol. The van der Waals surface area contributed by atoms with Crippen LogP contribution >= 0.6 is 0 Å². The molecule has 4 aromatic rings. The Hall–Kier alpha value is -3.98. The Morgan fingerprint density at radius 1 is 0.909 bits per heavy atom. The van der Waals surface area contributed by atoms with Gasteiger partial charge in [0.05, 0.1) is 12.6 Å². The van der Waals surface area contributed by atoms with Crippen molar-refractivity contribution >= 4 is 28.4 Å². The predicted molar refractivity (Wildman–Crippen MR) is 128 cm³/mol. The fourth-order valence-electron chi connectivity index (χ4n) is 3.79. The Balaban J connectivity index is 1.36. The minimum absolute atomic E-state index is 0.414. The summed E-state index contributed by atoms with van der Waals surface area (Å²) < 4.78 is 11.2. The second-order valence-corrected chi connectivity index (χ2v) is 7.82. The number of fused-ring (bicyclic) bond motifs is 1.